The molecular weight excluding hydrogens is 200 g/mol. The lowest BCUT2D eigenvalue weighted by atomic mass is 10.1. The van der Waals surface area contributed by atoms with Gasteiger partial charge in [-0.15, -0.1) is 0 Å². The molecule has 0 N–H and O–H groups in total. The number of ether oxygens (including phenoxy) is 1. The van der Waals surface area contributed by atoms with E-state index < -0.39 is 0 Å². The van der Waals surface area contributed by atoms with E-state index in [0.717, 1.165) is 6.10 Å². The van der Waals surface area contributed by atoms with Crippen LogP contribution < -0.4 is 0 Å². The maximum atomic E-state index is 5.54. The van der Waals surface area contributed by atoms with Crippen molar-refractivity contribution in [2.45, 2.75) is 6.10 Å². The van der Waals surface area contributed by atoms with Gasteiger partial charge in [0.05, 0.1) is 0 Å². The molecule has 1 aliphatic rings. The molecule has 3 rings (SSSR count). The van der Waals surface area contributed by atoms with Crippen LogP contribution in [0.5, 0.6) is 0 Å². The molecule has 0 aromatic carbocycles. The van der Waals surface area contributed by atoms with E-state index in [1.807, 2.05) is 0 Å². The molecular formula is C10H7OS2. The third kappa shape index (κ3) is 1.33. The van der Waals surface area contributed by atoms with Crippen molar-refractivity contribution in [2.24, 2.45) is 0 Å². The van der Waals surface area contributed by atoms with Crippen molar-refractivity contribution in [3.63, 3.8) is 0 Å². The number of rotatable bonds is 2. The zero-order valence-corrected chi connectivity index (χ0v) is 8.40. The molecule has 0 saturated carbocycles. The number of hydrogen-bond donors (Lipinski definition) is 0. The number of hydrogen-bond acceptors (Lipinski definition) is 3. The fraction of sp³-hybridized carbons (Fsp3) is 0.100. The average Bonchev–Trinajstić information content (AvgIpc) is 2.67. The van der Waals surface area contributed by atoms with Crippen LogP contribution in [0.2, 0.25) is 0 Å². The lowest BCUT2D eigenvalue weighted by molar-refractivity contribution is 0.421. The van der Waals surface area contributed by atoms with Crippen molar-refractivity contribution >= 4 is 22.7 Å². The molecule has 1 radical (unpaired) electrons. The third-order valence-corrected chi connectivity index (χ3v) is 3.46. The monoisotopic (exact) mass is 207 g/mol. The molecule has 0 spiro atoms. The smallest absolute Gasteiger partial charge is 0.161 e. The third-order valence-electron chi connectivity index (χ3n) is 2.08. The lowest BCUT2D eigenvalue weighted by Gasteiger charge is -1.85. The first-order valence-corrected chi connectivity index (χ1v) is 5.92. The summed E-state index contributed by atoms with van der Waals surface area (Å²) in [7, 11) is 0. The molecule has 0 bridgehead atoms. The summed E-state index contributed by atoms with van der Waals surface area (Å²) in [6.45, 7) is 0. The van der Waals surface area contributed by atoms with Crippen LogP contribution in [-0.4, -0.2) is 0 Å². The van der Waals surface area contributed by atoms with E-state index in [1.54, 1.807) is 22.7 Å². The molecule has 0 aliphatic carbocycles. The molecule has 1 fully saturated rings. The highest BCUT2D eigenvalue weighted by atomic mass is 32.1. The summed E-state index contributed by atoms with van der Waals surface area (Å²) in [5, 5.41) is 8.43. The van der Waals surface area contributed by atoms with E-state index >= 15 is 0 Å². The quantitative estimate of drug-likeness (QED) is 0.687. The van der Waals surface area contributed by atoms with Crippen LogP contribution in [0.4, 0.5) is 0 Å². The van der Waals surface area contributed by atoms with Gasteiger partial charge in [0.1, 0.15) is 6.10 Å². The maximum Gasteiger partial charge on any atom is 0.161 e. The first-order chi connectivity index (χ1) is 6.45. The molecule has 1 nitrogen and oxygen atoms in total. The van der Waals surface area contributed by atoms with E-state index in [4.69, 9.17) is 4.74 Å². The minimum absolute atomic E-state index is 0.237. The van der Waals surface area contributed by atoms with Crippen molar-refractivity contribution in [1.29, 1.82) is 0 Å². The van der Waals surface area contributed by atoms with Crippen LogP contribution >= 0.6 is 22.7 Å². The average molecular weight is 207 g/mol. The van der Waals surface area contributed by atoms with Crippen molar-refractivity contribution in [2.75, 3.05) is 0 Å². The first kappa shape index (κ1) is 7.74. The highest BCUT2D eigenvalue weighted by molar-refractivity contribution is 7.08. The van der Waals surface area contributed by atoms with Gasteiger partial charge >= 0.3 is 0 Å². The van der Waals surface area contributed by atoms with Gasteiger partial charge in [0, 0.05) is 5.56 Å². The molecule has 0 amide bonds. The Labute approximate surface area is 84.6 Å². The Hall–Kier alpha value is -0.640. The highest BCUT2D eigenvalue weighted by Crippen LogP contribution is 2.50. The predicted octanol–water partition coefficient (Wildman–Crippen LogP) is 3.46. The molecule has 1 unspecified atom stereocenters. The van der Waals surface area contributed by atoms with E-state index in [2.05, 4.69) is 33.7 Å². The normalized spacial score (nSPS) is 22.0. The van der Waals surface area contributed by atoms with Gasteiger partial charge in [-0.2, -0.15) is 22.7 Å². The van der Waals surface area contributed by atoms with Crippen LogP contribution in [0.25, 0.3) is 0 Å². The standard InChI is InChI=1S/C10H7OS2/c1-3-12-5-7(1)9-10(11-9)8-2-4-13-6-8/h1-6,9H. The second kappa shape index (κ2) is 2.94. The summed E-state index contributed by atoms with van der Waals surface area (Å²) in [5.74, 6) is 0. The minimum Gasteiger partial charge on any atom is -0.352 e. The maximum absolute atomic E-state index is 5.54. The zero-order chi connectivity index (χ0) is 8.67. The summed E-state index contributed by atoms with van der Waals surface area (Å²) < 4.78 is 5.54. The first-order valence-electron chi connectivity index (χ1n) is 4.03. The van der Waals surface area contributed by atoms with Gasteiger partial charge in [-0.25, -0.2) is 0 Å². The second-order valence-corrected chi connectivity index (χ2v) is 4.49. The Bertz CT molecular complexity index is 339. The van der Waals surface area contributed by atoms with Crippen LogP contribution in [0, 0.1) is 6.10 Å². The fourth-order valence-corrected chi connectivity index (χ4v) is 2.68. The fourth-order valence-electron chi connectivity index (χ4n) is 1.36. The second-order valence-electron chi connectivity index (χ2n) is 2.93. The van der Waals surface area contributed by atoms with E-state index in [0.29, 0.717) is 0 Å². The van der Waals surface area contributed by atoms with Gasteiger partial charge in [-0.05, 0) is 39.2 Å². The predicted molar refractivity (Wildman–Crippen MR) is 54.8 cm³/mol. The van der Waals surface area contributed by atoms with Crippen molar-refractivity contribution in [1.82, 2.24) is 0 Å². The molecule has 2 aromatic rings. The van der Waals surface area contributed by atoms with Crippen molar-refractivity contribution in [3.8, 4) is 0 Å². The van der Waals surface area contributed by atoms with Crippen LogP contribution in [0.3, 0.4) is 0 Å². The van der Waals surface area contributed by atoms with E-state index in [9.17, 15) is 0 Å². The molecule has 1 atom stereocenters. The summed E-state index contributed by atoms with van der Waals surface area (Å²) in [6, 6.07) is 4.22. The summed E-state index contributed by atoms with van der Waals surface area (Å²) in [5.41, 5.74) is 2.52. The van der Waals surface area contributed by atoms with Crippen molar-refractivity contribution < 1.29 is 4.74 Å². The lowest BCUT2D eigenvalue weighted by Crippen LogP contribution is -1.78. The van der Waals surface area contributed by atoms with Gasteiger partial charge in [-0.3, -0.25) is 0 Å². The topological polar surface area (TPSA) is 12.5 Å². The van der Waals surface area contributed by atoms with E-state index in [-0.39, 0.29) is 6.10 Å². The van der Waals surface area contributed by atoms with Crippen molar-refractivity contribution in [3.05, 3.63) is 50.9 Å². The van der Waals surface area contributed by atoms with Gasteiger partial charge in [0.25, 0.3) is 0 Å². The van der Waals surface area contributed by atoms with Gasteiger partial charge < -0.3 is 4.74 Å². The Balaban J connectivity index is 1.81. The number of thiophene rings is 2. The number of epoxide rings is 1. The van der Waals surface area contributed by atoms with Crippen LogP contribution in [-0.2, 0) is 4.74 Å². The minimum atomic E-state index is 0.237. The molecule has 1 saturated heterocycles. The Kier molecular flexibility index (Phi) is 1.75. The molecule has 3 heterocycles. The van der Waals surface area contributed by atoms with Gasteiger partial charge in [0.2, 0.25) is 0 Å². The Morgan fingerprint density at radius 3 is 2.62 bits per heavy atom. The molecule has 65 valence electrons. The Morgan fingerprint density at radius 2 is 1.92 bits per heavy atom. The molecule has 3 heteroatoms. The van der Waals surface area contributed by atoms with Crippen LogP contribution in [0.15, 0.2) is 33.7 Å². The molecule has 2 aromatic heterocycles. The van der Waals surface area contributed by atoms with Crippen LogP contribution in [0.1, 0.15) is 17.2 Å². The summed E-state index contributed by atoms with van der Waals surface area (Å²) in [6.07, 6.45) is 1.36. The van der Waals surface area contributed by atoms with Gasteiger partial charge in [0.15, 0.2) is 6.10 Å². The summed E-state index contributed by atoms with van der Waals surface area (Å²) >= 11 is 3.43. The molecule has 13 heavy (non-hydrogen) atoms. The Morgan fingerprint density at radius 1 is 1.08 bits per heavy atom. The highest BCUT2D eigenvalue weighted by Gasteiger charge is 2.43. The summed E-state index contributed by atoms with van der Waals surface area (Å²) in [4.78, 5) is 0. The largest absolute Gasteiger partial charge is 0.352 e. The SMILES string of the molecule is c1cc([C]2OC2c2ccsc2)cs1. The zero-order valence-electron chi connectivity index (χ0n) is 6.77. The van der Waals surface area contributed by atoms with E-state index in [1.165, 1.54) is 11.1 Å². The molecule has 1 aliphatic heterocycles. The van der Waals surface area contributed by atoms with Gasteiger partial charge in [-0.1, -0.05) is 0 Å².